The molecule has 1 heterocycles. The smallest absolute Gasteiger partial charge is 0.262 e. The van der Waals surface area contributed by atoms with Gasteiger partial charge in [0.15, 0.2) is 6.61 Å². The van der Waals surface area contributed by atoms with Crippen LogP contribution in [0.3, 0.4) is 0 Å². The molecule has 0 atom stereocenters. The first-order valence-corrected chi connectivity index (χ1v) is 9.34. The van der Waals surface area contributed by atoms with Gasteiger partial charge in [-0.15, -0.1) is 0 Å². The van der Waals surface area contributed by atoms with E-state index in [1.165, 1.54) is 0 Å². The van der Waals surface area contributed by atoms with Gasteiger partial charge in [0.1, 0.15) is 11.6 Å². The molecule has 3 rings (SSSR count). The number of hydrogen-bond acceptors (Lipinski definition) is 5. The van der Waals surface area contributed by atoms with Crippen LogP contribution in [0.2, 0.25) is 0 Å². The van der Waals surface area contributed by atoms with Crippen molar-refractivity contribution in [3.05, 3.63) is 52.8 Å². The molecule has 0 saturated carbocycles. The van der Waals surface area contributed by atoms with Gasteiger partial charge in [-0.2, -0.15) is 0 Å². The molecule has 2 N–H and O–H groups in total. The Balaban J connectivity index is 2.25. The van der Waals surface area contributed by atoms with E-state index in [0.29, 0.717) is 22.5 Å². The molecule has 0 aliphatic carbocycles. The molecule has 0 spiro atoms. The first kappa shape index (κ1) is 20.4. The maximum Gasteiger partial charge on any atom is 0.262 e. The minimum atomic E-state index is -0.553. The van der Waals surface area contributed by atoms with Crippen LogP contribution in [0.15, 0.2) is 47.3 Å². The number of primary amides is 1. The van der Waals surface area contributed by atoms with E-state index in [2.05, 4.69) is 0 Å². The van der Waals surface area contributed by atoms with Crippen molar-refractivity contribution in [1.82, 2.24) is 9.55 Å². The first-order valence-electron chi connectivity index (χ1n) is 9.34. The number of carbonyl (C=O) groups excluding carboxylic acids is 1. The van der Waals surface area contributed by atoms with E-state index < -0.39 is 11.4 Å². The number of fused-ring (bicyclic) bond motifs is 1. The number of benzene rings is 2. The van der Waals surface area contributed by atoms with Crippen LogP contribution >= 0.6 is 0 Å². The summed E-state index contributed by atoms with van der Waals surface area (Å²) in [6.45, 7) is 5.69. The molecule has 0 radical (unpaired) electrons. The van der Waals surface area contributed by atoms with E-state index >= 15 is 0 Å². The monoisotopic (exact) mass is 394 g/mol. The first-order chi connectivity index (χ1) is 13.6. The van der Waals surface area contributed by atoms with Crippen molar-refractivity contribution < 1.29 is 9.53 Å². The van der Waals surface area contributed by atoms with Crippen LogP contribution in [0, 0.1) is 0 Å². The van der Waals surface area contributed by atoms with Crippen LogP contribution in [-0.4, -0.2) is 36.2 Å². The summed E-state index contributed by atoms with van der Waals surface area (Å²) >= 11 is 0. The zero-order valence-electron chi connectivity index (χ0n) is 17.4. The molecule has 0 unspecified atom stereocenters. The van der Waals surface area contributed by atoms with Crippen molar-refractivity contribution in [1.29, 1.82) is 0 Å². The van der Waals surface area contributed by atoms with Crippen LogP contribution < -0.4 is 20.9 Å². The van der Waals surface area contributed by atoms with Crippen LogP contribution in [-0.2, 0) is 10.3 Å². The normalized spacial score (nSPS) is 11.5. The van der Waals surface area contributed by atoms with Gasteiger partial charge >= 0.3 is 0 Å². The lowest BCUT2D eigenvalue weighted by molar-refractivity contribution is -0.119. The fourth-order valence-electron chi connectivity index (χ4n) is 3.15. The second kappa shape index (κ2) is 7.58. The summed E-state index contributed by atoms with van der Waals surface area (Å²) in [5.74, 6) is 0.471. The van der Waals surface area contributed by atoms with Gasteiger partial charge in [0.2, 0.25) is 0 Å². The Morgan fingerprint density at radius 3 is 2.52 bits per heavy atom. The Kier molecular flexibility index (Phi) is 5.33. The number of amides is 1. The minimum Gasteiger partial charge on any atom is -0.484 e. The number of rotatable bonds is 5. The number of hydrogen-bond donors (Lipinski definition) is 1. The van der Waals surface area contributed by atoms with E-state index in [9.17, 15) is 9.59 Å². The maximum absolute atomic E-state index is 13.5. The number of anilines is 1. The lowest BCUT2D eigenvalue weighted by atomic mass is 10.1. The topological polar surface area (TPSA) is 90.4 Å². The highest BCUT2D eigenvalue weighted by atomic mass is 16.5. The fraction of sp³-hybridized carbons (Fsp3) is 0.318. The van der Waals surface area contributed by atoms with Crippen molar-refractivity contribution in [2.24, 2.45) is 5.73 Å². The zero-order chi connectivity index (χ0) is 21.3. The summed E-state index contributed by atoms with van der Waals surface area (Å²) < 4.78 is 7.12. The van der Waals surface area contributed by atoms with Crippen molar-refractivity contribution in [3.63, 3.8) is 0 Å². The van der Waals surface area contributed by atoms with Crippen LogP contribution in [0.4, 0.5) is 5.69 Å². The summed E-state index contributed by atoms with van der Waals surface area (Å²) in [5.41, 5.74) is 6.84. The molecule has 152 valence electrons. The average Bonchev–Trinajstić information content (AvgIpc) is 2.65. The van der Waals surface area contributed by atoms with Gasteiger partial charge < -0.3 is 15.4 Å². The summed E-state index contributed by atoms with van der Waals surface area (Å²) in [7, 11) is 3.87. The SMILES string of the molecule is CN(C)c1ccc2nc(-c3cccc(OCC(N)=O)c3)n(C(C)(C)C)c(=O)c2c1. The number of nitrogens with two attached hydrogens (primary N) is 1. The second-order valence-corrected chi connectivity index (χ2v) is 8.13. The molecule has 1 amide bonds. The predicted molar refractivity (Wildman–Crippen MR) is 115 cm³/mol. The van der Waals surface area contributed by atoms with E-state index in [-0.39, 0.29) is 12.2 Å². The molecule has 7 heteroatoms. The maximum atomic E-state index is 13.5. The lowest BCUT2D eigenvalue weighted by Gasteiger charge is -2.26. The van der Waals surface area contributed by atoms with E-state index in [0.717, 1.165) is 11.3 Å². The van der Waals surface area contributed by atoms with Crippen molar-refractivity contribution >= 4 is 22.5 Å². The van der Waals surface area contributed by atoms with E-state index in [1.54, 1.807) is 22.8 Å². The Bertz CT molecular complexity index is 1130. The Labute approximate surface area is 169 Å². The third-order valence-corrected chi connectivity index (χ3v) is 4.51. The Hall–Kier alpha value is -3.35. The van der Waals surface area contributed by atoms with Gasteiger partial charge in [0.05, 0.1) is 10.9 Å². The highest BCUT2D eigenvalue weighted by molar-refractivity contribution is 5.83. The Morgan fingerprint density at radius 1 is 1.17 bits per heavy atom. The van der Waals surface area contributed by atoms with Gasteiger partial charge in [0.25, 0.3) is 11.5 Å². The zero-order valence-corrected chi connectivity index (χ0v) is 17.4. The molecule has 0 fully saturated rings. The van der Waals surface area contributed by atoms with Crippen molar-refractivity contribution in [2.75, 3.05) is 25.6 Å². The molecule has 7 nitrogen and oxygen atoms in total. The quantitative estimate of drug-likeness (QED) is 0.719. The molecular weight excluding hydrogens is 368 g/mol. The molecule has 0 aliphatic heterocycles. The molecular formula is C22H26N4O3. The molecule has 1 aromatic heterocycles. The molecule has 2 aromatic carbocycles. The molecule has 0 bridgehead atoms. The predicted octanol–water partition coefficient (Wildman–Crippen LogP) is 2.75. The van der Waals surface area contributed by atoms with E-state index in [4.69, 9.17) is 15.5 Å². The molecule has 29 heavy (non-hydrogen) atoms. The number of carbonyl (C=O) groups is 1. The van der Waals surface area contributed by atoms with Gasteiger partial charge in [-0.25, -0.2) is 4.98 Å². The summed E-state index contributed by atoms with van der Waals surface area (Å²) in [6.07, 6.45) is 0. The lowest BCUT2D eigenvalue weighted by Crippen LogP contribution is -2.36. The standard InChI is InChI=1S/C22H26N4O3/c1-22(2,3)26-20(14-7-6-8-16(11-14)29-13-19(23)27)24-18-10-9-15(25(4)5)12-17(18)21(26)28/h6-12H,13H2,1-5H3,(H2,23,27). The fourth-order valence-corrected chi connectivity index (χ4v) is 3.15. The van der Waals surface area contributed by atoms with Gasteiger partial charge in [-0.05, 0) is 51.1 Å². The van der Waals surface area contributed by atoms with Crippen molar-refractivity contribution in [2.45, 2.75) is 26.3 Å². The molecule has 3 aromatic rings. The number of aromatic nitrogens is 2. The third-order valence-electron chi connectivity index (χ3n) is 4.51. The van der Waals surface area contributed by atoms with E-state index in [1.807, 2.05) is 64.0 Å². The van der Waals surface area contributed by atoms with Gasteiger partial charge in [-0.3, -0.25) is 14.2 Å². The minimum absolute atomic E-state index is 0.107. The summed E-state index contributed by atoms with van der Waals surface area (Å²) in [4.78, 5) is 31.2. The van der Waals surface area contributed by atoms with Crippen LogP contribution in [0.5, 0.6) is 5.75 Å². The summed E-state index contributed by atoms with van der Waals surface area (Å²) in [6, 6.07) is 12.8. The number of ether oxygens (including phenoxy) is 1. The van der Waals surface area contributed by atoms with Gasteiger partial charge in [-0.1, -0.05) is 12.1 Å². The summed E-state index contributed by atoms with van der Waals surface area (Å²) in [5, 5.41) is 0.566. The van der Waals surface area contributed by atoms with Crippen LogP contribution in [0.1, 0.15) is 20.8 Å². The average molecular weight is 394 g/mol. The highest BCUT2D eigenvalue weighted by Crippen LogP contribution is 2.28. The van der Waals surface area contributed by atoms with Gasteiger partial charge in [0, 0.05) is 30.9 Å². The van der Waals surface area contributed by atoms with Crippen LogP contribution in [0.25, 0.3) is 22.3 Å². The van der Waals surface area contributed by atoms with Crippen molar-refractivity contribution in [3.8, 4) is 17.1 Å². The second-order valence-electron chi connectivity index (χ2n) is 8.13. The Morgan fingerprint density at radius 2 is 1.90 bits per heavy atom. The number of nitrogens with zero attached hydrogens (tertiary/aromatic N) is 3. The molecule has 0 aliphatic rings. The highest BCUT2D eigenvalue weighted by Gasteiger charge is 2.23. The molecule has 0 saturated heterocycles. The largest absolute Gasteiger partial charge is 0.484 e. The third kappa shape index (κ3) is 4.23.